The summed E-state index contributed by atoms with van der Waals surface area (Å²) < 4.78 is 0. The number of carbonyl (C=O) groups excluding carboxylic acids is 2. The average molecular weight is 282 g/mol. The first-order chi connectivity index (χ1) is 9.06. The van der Waals surface area contributed by atoms with E-state index in [9.17, 15) is 9.59 Å². The molecule has 1 aliphatic heterocycles. The van der Waals surface area contributed by atoms with Crippen molar-refractivity contribution in [2.75, 3.05) is 6.54 Å². The zero-order chi connectivity index (χ0) is 13.8. The fraction of sp³-hybridized carbons (Fsp3) is 0.462. The van der Waals surface area contributed by atoms with Crippen LogP contribution in [0.5, 0.6) is 0 Å². The summed E-state index contributed by atoms with van der Waals surface area (Å²) in [5.41, 5.74) is 1.09. The number of nitrogens with zero attached hydrogens (tertiary/aromatic N) is 1. The second-order valence-electron chi connectivity index (χ2n) is 4.63. The predicted molar refractivity (Wildman–Crippen MR) is 72.1 cm³/mol. The van der Waals surface area contributed by atoms with Gasteiger partial charge in [0.2, 0.25) is 5.91 Å². The topological polar surface area (TPSA) is 71.1 Å². The second-order valence-corrected chi connectivity index (χ2v) is 5.02. The zero-order valence-corrected chi connectivity index (χ0v) is 11.5. The molecule has 1 aromatic rings. The monoisotopic (exact) mass is 281 g/mol. The van der Waals surface area contributed by atoms with Crippen molar-refractivity contribution in [3.05, 3.63) is 28.5 Å². The third kappa shape index (κ3) is 3.67. The molecule has 1 atom stereocenters. The first-order valence-electron chi connectivity index (χ1n) is 6.29. The van der Waals surface area contributed by atoms with Gasteiger partial charge in [-0.3, -0.25) is 9.59 Å². The van der Waals surface area contributed by atoms with Crippen LogP contribution in [-0.2, 0) is 4.79 Å². The molecule has 2 heterocycles. The lowest BCUT2D eigenvalue weighted by Crippen LogP contribution is -2.45. The van der Waals surface area contributed by atoms with Crippen molar-refractivity contribution in [1.82, 2.24) is 15.6 Å². The normalized spacial score (nSPS) is 19.5. The molecule has 5 nitrogen and oxygen atoms in total. The second kappa shape index (κ2) is 6.02. The van der Waals surface area contributed by atoms with Crippen LogP contribution in [0, 0.1) is 6.92 Å². The van der Waals surface area contributed by atoms with Gasteiger partial charge in [0.25, 0.3) is 5.91 Å². The van der Waals surface area contributed by atoms with E-state index in [-0.39, 0.29) is 17.0 Å². The summed E-state index contributed by atoms with van der Waals surface area (Å²) in [6, 6.07) is 2.68. The van der Waals surface area contributed by atoms with E-state index in [0.29, 0.717) is 24.2 Å². The number of carbonyl (C=O) groups is 2. The van der Waals surface area contributed by atoms with Gasteiger partial charge in [-0.15, -0.1) is 0 Å². The van der Waals surface area contributed by atoms with Gasteiger partial charge in [-0.05, 0) is 38.3 Å². The molecule has 1 aromatic heterocycles. The predicted octanol–water partition coefficient (Wildman–Crippen LogP) is 1.44. The Labute approximate surface area is 116 Å². The van der Waals surface area contributed by atoms with E-state index in [1.54, 1.807) is 13.0 Å². The Balaban J connectivity index is 2.09. The van der Waals surface area contributed by atoms with E-state index in [2.05, 4.69) is 15.6 Å². The first kappa shape index (κ1) is 13.8. The average Bonchev–Trinajstić information content (AvgIpc) is 2.54. The van der Waals surface area contributed by atoms with Gasteiger partial charge >= 0.3 is 0 Å². The molecule has 102 valence electrons. The van der Waals surface area contributed by atoms with Crippen LogP contribution in [-0.4, -0.2) is 29.4 Å². The molecule has 0 aliphatic carbocycles. The summed E-state index contributed by atoms with van der Waals surface area (Å²) in [4.78, 5) is 27.8. The molecule has 2 rings (SSSR count). The van der Waals surface area contributed by atoms with Crippen LogP contribution in [0.1, 0.15) is 35.3 Å². The molecule has 1 saturated heterocycles. The summed E-state index contributed by atoms with van der Waals surface area (Å²) in [5.74, 6) is -0.419. The molecule has 2 N–H and O–H groups in total. The van der Waals surface area contributed by atoms with Crippen LogP contribution in [0.4, 0.5) is 0 Å². The summed E-state index contributed by atoms with van der Waals surface area (Å²) in [6.07, 6.45) is 2.52. The fourth-order valence-electron chi connectivity index (χ4n) is 2.08. The maximum atomic E-state index is 12.1. The zero-order valence-electron chi connectivity index (χ0n) is 10.7. The lowest BCUT2D eigenvalue weighted by molar-refractivity contribution is -0.122. The van der Waals surface area contributed by atoms with E-state index in [1.807, 2.05) is 0 Å². The number of aryl methyl sites for hydroxylation is 1. The van der Waals surface area contributed by atoms with Crippen molar-refractivity contribution in [3.8, 4) is 0 Å². The molecule has 0 bridgehead atoms. The van der Waals surface area contributed by atoms with Crippen LogP contribution < -0.4 is 10.6 Å². The fourth-order valence-corrected chi connectivity index (χ4v) is 2.33. The van der Waals surface area contributed by atoms with Crippen molar-refractivity contribution in [3.63, 3.8) is 0 Å². The SMILES string of the molecule is Cc1cc(C(=O)NC2CCCCNC2=O)cc(Cl)n1. The molecule has 1 unspecified atom stereocenters. The van der Waals surface area contributed by atoms with Crippen LogP contribution in [0.15, 0.2) is 12.1 Å². The molecule has 1 fully saturated rings. The van der Waals surface area contributed by atoms with Gasteiger partial charge in [-0.2, -0.15) is 0 Å². The lowest BCUT2D eigenvalue weighted by atomic mass is 10.1. The summed E-state index contributed by atoms with van der Waals surface area (Å²) in [6.45, 7) is 2.44. The largest absolute Gasteiger partial charge is 0.354 e. The highest BCUT2D eigenvalue weighted by molar-refractivity contribution is 6.29. The van der Waals surface area contributed by atoms with E-state index in [1.165, 1.54) is 6.07 Å². The maximum Gasteiger partial charge on any atom is 0.252 e. The van der Waals surface area contributed by atoms with Gasteiger partial charge < -0.3 is 10.6 Å². The Kier molecular flexibility index (Phi) is 4.37. The van der Waals surface area contributed by atoms with E-state index in [4.69, 9.17) is 11.6 Å². The van der Waals surface area contributed by atoms with Crippen molar-refractivity contribution in [1.29, 1.82) is 0 Å². The number of hydrogen-bond donors (Lipinski definition) is 2. The smallest absolute Gasteiger partial charge is 0.252 e. The molecule has 6 heteroatoms. The minimum absolute atomic E-state index is 0.122. The van der Waals surface area contributed by atoms with Gasteiger partial charge in [0.15, 0.2) is 0 Å². The van der Waals surface area contributed by atoms with E-state index >= 15 is 0 Å². The first-order valence-corrected chi connectivity index (χ1v) is 6.67. The number of amides is 2. The highest BCUT2D eigenvalue weighted by Gasteiger charge is 2.23. The molecule has 0 spiro atoms. The third-order valence-corrected chi connectivity index (χ3v) is 3.22. The Bertz CT molecular complexity index is 484. The molecular weight excluding hydrogens is 266 g/mol. The molecule has 1 aliphatic rings. The van der Waals surface area contributed by atoms with Crippen molar-refractivity contribution < 1.29 is 9.59 Å². The Morgan fingerprint density at radius 1 is 1.47 bits per heavy atom. The number of pyridine rings is 1. The van der Waals surface area contributed by atoms with Crippen LogP contribution in [0.3, 0.4) is 0 Å². The molecule has 19 heavy (non-hydrogen) atoms. The van der Waals surface area contributed by atoms with E-state index in [0.717, 1.165) is 12.8 Å². The van der Waals surface area contributed by atoms with Crippen LogP contribution >= 0.6 is 11.6 Å². The summed E-state index contributed by atoms with van der Waals surface area (Å²) in [7, 11) is 0. The highest BCUT2D eigenvalue weighted by atomic mass is 35.5. The number of aromatic nitrogens is 1. The lowest BCUT2D eigenvalue weighted by Gasteiger charge is -2.15. The Morgan fingerprint density at radius 3 is 3.00 bits per heavy atom. The van der Waals surface area contributed by atoms with Gasteiger partial charge in [-0.25, -0.2) is 4.98 Å². The summed E-state index contributed by atoms with van der Waals surface area (Å²) >= 11 is 5.82. The van der Waals surface area contributed by atoms with Crippen LogP contribution in [0.2, 0.25) is 5.15 Å². The van der Waals surface area contributed by atoms with Crippen molar-refractivity contribution in [2.24, 2.45) is 0 Å². The molecule has 0 aromatic carbocycles. The minimum Gasteiger partial charge on any atom is -0.354 e. The number of hydrogen-bond acceptors (Lipinski definition) is 3. The standard InChI is InChI=1S/C13H16ClN3O2/c1-8-6-9(7-11(14)16-8)12(18)17-10-4-2-3-5-15-13(10)19/h6-7,10H,2-5H2,1H3,(H,15,19)(H,17,18). The van der Waals surface area contributed by atoms with Gasteiger partial charge in [0.05, 0.1) is 0 Å². The van der Waals surface area contributed by atoms with Gasteiger partial charge in [0, 0.05) is 17.8 Å². The van der Waals surface area contributed by atoms with Crippen LogP contribution in [0.25, 0.3) is 0 Å². The van der Waals surface area contributed by atoms with Gasteiger partial charge in [0.1, 0.15) is 11.2 Å². The van der Waals surface area contributed by atoms with Gasteiger partial charge in [-0.1, -0.05) is 11.6 Å². The minimum atomic E-state index is -0.470. The number of halogens is 1. The van der Waals surface area contributed by atoms with Crippen molar-refractivity contribution in [2.45, 2.75) is 32.2 Å². The molecular formula is C13H16ClN3O2. The maximum absolute atomic E-state index is 12.1. The van der Waals surface area contributed by atoms with E-state index < -0.39 is 6.04 Å². The highest BCUT2D eigenvalue weighted by Crippen LogP contribution is 2.12. The molecule has 0 saturated carbocycles. The number of nitrogens with one attached hydrogen (secondary N) is 2. The Hall–Kier alpha value is -1.62. The third-order valence-electron chi connectivity index (χ3n) is 3.02. The van der Waals surface area contributed by atoms with Crippen molar-refractivity contribution >= 4 is 23.4 Å². The summed E-state index contributed by atoms with van der Waals surface area (Å²) in [5, 5.41) is 5.80. The molecule has 2 amide bonds. The number of rotatable bonds is 2. The quantitative estimate of drug-likeness (QED) is 0.806. The molecule has 0 radical (unpaired) electrons. The Morgan fingerprint density at radius 2 is 2.26 bits per heavy atom.